The summed E-state index contributed by atoms with van der Waals surface area (Å²) in [6, 6.07) is 11.4. The molecule has 0 aliphatic heterocycles. The van der Waals surface area contributed by atoms with Crippen molar-refractivity contribution in [3.05, 3.63) is 65.1 Å². The summed E-state index contributed by atoms with van der Waals surface area (Å²) < 4.78 is 5.45. The molecule has 1 aliphatic rings. The molecule has 1 aromatic carbocycles. The summed E-state index contributed by atoms with van der Waals surface area (Å²) in [7, 11) is 0. The fourth-order valence-electron chi connectivity index (χ4n) is 3.49. The van der Waals surface area contributed by atoms with Crippen LogP contribution in [0.5, 0.6) is 0 Å². The van der Waals surface area contributed by atoms with Crippen molar-refractivity contribution in [1.29, 1.82) is 0 Å². The third kappa shape index (κ3) is 2.68. The lowest BCUT2D eigenvalue weighted by molar-refractivity contribution is 0.0470. The monoisotopic (exact) mass is 320 g/mol. The van der Waals surface area contributed by atoms with Crippen LogP contribution >= 0.6 is 0 Å². The van der Waals surface area contributed by atoms with Crippen LogP contribution in [0.3, 0.4) is 0 Å². The second-order valence-electron chi connectivity index (χ2n) is 6.56. The minimum absolute atomic E-state index is 0.188. The Morgan fingerprint density at radius 3 is 3.04 bits per heavy atom. The zero-order valence-corrected chi connectivity index (χ0v) is 13.7. The van der Waals surface area contributed by atoms with E-state index in [0.717, 1.165) is 29.4 Å². The van der Waals surface area contributed by atoms with Gasteiger partial charge in [-0.25, -0.2) is 4.79 Å². The molecular formula is C20H20N2O2. The number of carbonyl (C=O) groups excluding carboxylic acids is 1. The molecule has 2 heterocycles. The smallest absolute Gasteiger partial charge is 0.340 e. The van der Waals surface area contributed by atoms with Gasteiger partial charge in [-0.3, -0.25) is 4.98 Å². The number of aromatic amines is 1. The first-order chi connectivity index (χ1) is 11.7. The summed E-state index contributed by atoms with van der Waals surface area (Å²) in [5.74, 6) is 0.383. The SMILES string of the molecule is CC1CCc2[nH]c3c(C(=O)OCc4ccccn4)cccc3c2C1. The molecule has 0 bridgehead atoms. The standard InChI is InChI=1S/C20H20N2O2/c1-13-8-9-18-17(11-13)15-6-4-7-16(19(15)22-18)20(23)24-12-14-5-2-3-10-21-14/h2-7,10,13,22H,8-9,11-12H2,1H3. The average molecular weight is 320 g/mol. The van der Waals surface area contributed by atoms with E-state index in [2.05, 4.69) is 23.0 Å². The van der Waals surface area contributed by atoms with Crippen molar-refractivity contribution in [2.75, 3.05) is 0 Å². The normalized spacial score (nSPS) is 16.8. The maximum atomic E-state index is 12.5. The number of carbonyl (C=O) groups is 1. The Labute approximate surface area is 140 Å². The van der Waals surface area contributed by atoms with Crippen molar-refractivity contribution >= 4 is 16.9 Å². The zero-order valence-electron chi connectivity index (χ0n) is 13.7. The first kappa shape index (κ1) is 14.9. The lowest BCUT2D eigenvalue weighted by Crippen LogP contribution is -2.09. The van der Waals surface area contributed by atoms with Crippen LogP contribution in [0.2, 0.25) is 0 Å². The maximum Gasteiger partial charge on any atom is 0.340 e. The van der Waals surface area contributed by atoms with E-state index >= 15 is 0 Å². The van der Waals surface area contributed by atoms with Gasteiger partial charge in [0.05, 0.1) is 16.8 Å². The summed E-state index contributed by atoms with van der Waals surface area (Å²) in [5.41, 5.74) is 4.89. The summed E-state index contributed by atoms with van der Waals surface area (Å²) in [4.78, 5) is 20.2. The van der Waals surface area contributed by atoms with Crippen molar-refractivity contribution < 1.29 is 9.53 Å². The van der Waals surface area contributed by atoms with Gasteiger partial charge in [-0.05, 0) is 48.9 Å². The van der Waals surface area contributed by atoms with Crippen LogP contribution in [-0.4, -0.2) is 15.9 Å². The van der Waals surface area contributed by atoms with Crippen molar-refractivity contribution in [3.8, 4) is 0 Å². The molecule has 0 spiro atoms. The molecule has 3 aromatic rings. The highest BCUT2D eigenvalue weighted by Gasteiger charge is 2.22. The predicted octanol–water partition coefficient (Wildman–Crippen LogP) is 4.04. The van der Waals surface area contributed by atoms with Crippen LogP contribution in [0, 0.1) is 5.92 Å². The number of pyridine rings is 1. The quantitative estimate of drug-likeness (QED) is 0.741. The van der Waals surface area contributed by atoms with Gasteiger partial charge in [0.2, 0.25) is 0 Å². The topological polar surface area (TPSA) is 55.0 Å². The Kier molecular flexibility index (Phi) is 3.81. The number of rotatable bonds is 3. The molecule has 122 valence electrons. The van der Waals surface area contributed by atoms with E-state index in [0.29, 0.717) is 11.5 Å². The van der Waals surface area contributed by atoms with Gasteiger partial charge in [0.1, 0.15) is 6.61 Å². The van der Waals surface area contributed by atoms with Crippen LogP contribution < -0.4 is 0 Å². The minimum Gasteiger partial charge on any atom is -0.456 e. The number of para-hydroxylation sites is 1. The molecule has 2 aromatic heterocycles. The molecule has 0 amide bonds. The number of hydrogen-bond donors (Lipinski definition) is 1. The Bertz CT molecular complexity index is 883. The van der Waals surface area contributed by atoms with Crippen LogP contribution in [0.4, 0.5) is 0 Å². The highest BCUT2D eigenvalue weighted by atomic mass is 16.5. The third-order valence-corrected chi connectivity index (χ3v) is 4.77. The Balaban J connectivity index is 1.63. The van der Waals surface area contributed by atoms with E-state index in [1.54, 1.807) is 6.20 Å². The number of nitrogens with one attached hydrogen (secondary N) is 1. The molecule has 0 fully saturated rings. The van der Waals surface area contributed by atoms with Crippen molar-refractivity contribution in [2.24, 2.45) is 5.92 Å². The number of fused-ring (bicyclic) bond motifs is 3. The third-order valence-electron chi connectivity index (χ3n) is 4.77. The van der Waals surface area contributed by atoms with Gasteiger partial charge in [0.15, 0.2) is 0 Å². The molecule has 24 heavy (non-hydrogen) atoms. The van der Waals surface area contributed by atoms with Crippen LogP contribution in [-0.2, 0) is 24.2 Å². The van der Waals surface area contributed by atoms with Crippen LogP contribution in [0.25, 0.3) is 10.9 Å². The Hall–Kier alpha value is -2.62. The van der Waals surface area contributed by atoms with Gasteiger partial charge < -0.3 is 9.72 Å². The van der Waals surface area contributed by atoms with Gasteiger partial charge >= 0.3 is 5.97 Å². The van der Waals surface area contributed by atoms with Gasteiger partial charge in [0.25, 0.3) is 0 Å². The first-order valence-electron chi connectivity index (χ1n) is 8.42. The molecule has 0 saturated heterocycles. The minimum atomic E-state index is -0.308. The van der Waals surface area contributed by atoms with E-state index in [9.17, 15) is 4.79 Å². The number of nitrogens with zero attached hydrogens (tertiary/aromatic N) is 1. The second-order valence-corrected chi connectivity index (χ2v) is 6.56. The molecule has 1 N–H and O–H groups in total. The molecule has 4 rings (SSSR count). The van der Waals surface area contributed by atoms with E-state index in [-0.39, 0.29) is 12.6 Å². The average Bonchev–Trinajstić information content (AvgIpc) is 2.98. The molecule has 1 aliphatic carbocycles. The number of ether oxygens (including phenoxy) is 1. The molecule has 4 heteroatoms. The van der Waals surface area contributed by atoms with Crippen molar-refractivity contribution in [2.45, 2.75) is 32.8 Å². The van der Waals surface area contributed by atoms with E-state index in [4.69, 9.17) is 4.74 Å². The lowest BCUT2D eigenvalue weighted by Gasteiger charge is -2.17. The highest BCUT2D eigenvalue weighted by molar-refractivity contribution is 6.04. The highest BCUT2D eigenvalue weighted by Crippen LogP contribution is 2.33. The van der Waals surface area contributed by atoms with Crippen molar-refractivity contribution in [1.82, 2.24) is 9.97 Å². The van der Waals surface area contributed by atoms with E-state index in [1.807, 2.05) is 30.3 Å². The fraction of sp³-hybridized carbons (Fsp3) is 0.300. The Morgan fingerprint density at radius 1 is 1.29 bits per heavy atom. The first-order valence-corrected chi connectivity index (χ1v) is 8.42. The van der Waals surface area contributed by atoms with Crippen LogP contribution in [0.15, 0.2) is 42.6 Å². The Morgan fingerprint density at radius 2 is 2.21 bits per heavy atom. The lowest BCUT2D eigenvalue weighted by atomic mass is 9.87. The number of hydrogen-bond acceptors (Lipinski definition) is 3. The van der Waals surface area contributed by atoms with Gasteiger partial charge in [-0.1, -0.05) is 25.1 Å². The van der Waals surface area contributed by atoms with Gasteiger partial charge in [-0.15, -0.1) is 0 Å². The number of aromatic nitrogens is 2. The van der Waals surface area contributed by atoms with Crippen LogP contribution in [0.1, 0.15) is 40.7 Å². The summed E-state index contributed by atoms with van der Waals surface area (Å²) in [6.45, 7) is 2.47. The zero-order chi connectivity index (χ0) is 16.5. The number of H-pyrrole nitrogens is 1. The molecule has 4 nitrogen and oxygen atoms in total. The number of benzene rings is 1. The molecule has 0 radical (unpaired) electrons. The molecule has 1 atom stereocenters. The van der Waals surface area contributed by atoms with E-state index < -0.39 is 0 Å². The summed E-state index contributed by atoms with van der Waals surface area (Å²) in [5, 5.41) is 1.16. The summed E-state index contributed by atoms with van der Waals surface area (Å²) >= 11 is 0. The second kappa shape index (κ2) is 6.11. The number of esters is 1. The van der Waals surface area contributed by atoms with E-state index in [1.165, 1.54) is 17.7 Å². The molecule has 0 saturated carbocycles. The predicted molar refractivity (Wildman–Crippen MR) is 92.8 cm³/mol. The summed E-state index contributed by atoms with van der Waals surface area (Å²) in [6.07, 6.45) is 5.01. The van der Waals surface area contributed by atoms with Gasteiger partial charge in [-0.2, -0.15) is 0 Å². The fourth-order valence-corrected chi connectivity index (χ4v) is 3.49. The molecule has 1 unspecified atom stereocenters. The maximum absolute atomic E-state index is 12.5. The van der Waals surface area contributed by atoms with Crippen molar-refractivity contribution in [3.63, 3.8) is 0 Å². The number of aryl methyl sites for hydroxylation is 1. The largest absolute Gasteiger partial charge is 0.456 e. The van der Waals surface area contributed by atoms with Gasteiger partial charge in [0, 0.05) is 17.3 Å². The molecular weight excluding hydrogens is 300 g/mol.